The van der Waals surface area contributed by atoms with Gasteiger partial charge in [0, 0.05) is 53.7 Å². The molecule has 1 aliphatic rings. The van der Waals surface area contributed by atoms with E-state index in [4.69, 9.17) is 11.6 Å². The highest BCUT2D eigenvalue weighted by Crippen LogP contribution is 2.30. The molecule has 0 unspecified atom stereocenters. The number of benzene rings is 2. The van der Waals surface area contributed by atoms with E-state index < -0.39 is 0 Å². The Balaban J connectivity index is 1.22. The van der Waals surface area contributed by atoms with Gasteiger partial charge in [-0.25, -0.2) is 9.97 Å². The summed E-state index contributed by atoms with van der Waals surface area (Å²) in [7, 11) is 0. The molecule has 2 aromatic heterocycles. The highest BCUT2D eigenvalue weighted by atomic mass is 35.5. The van der Waals surface area contributed by atoms with Crippen LogP contribution in [0.5, 0.6) is 0 Å². The van der Waals surface area contributed by atoms with E-state index in [0.717, 1.165) is 47.8 Å². The van der Waals surface area contributed by atoms with Crippen LogP contribution < -0.4 is 15.5 Å². The van der Waals surface area contributed by atoms with Crippen molar-refractivity contribution in [2.75, 3.05) is 28.6 Å². The third kappa shape index (κ3) is 5.41. The predicted molar refractivity (Wildman–Crippen MR) is 137 cm³/mol. The van der Waals surface area contributed by atoms with Gasteiger partial charge < -0.3 is 15.5 Å². The Hall–Kier alpha value is -3.98. The van der Waals surface area contributed by atoms with E-state index in [1.54, 1.807) is 0 Å². The third-order valence-electron chi connectivity index (χ3n) is 5.91. The number of rotatable bonds is 6. The average molecular weight is 489 g/mol. The largest absolute Gasteiger partial charge is 0.341 e. The van der Waals surface area contributed by atoms with E-state index in [0.29, 0.717) is 23.6 Å². The second kappa shape index (κ2) is 10.1. The highest BCUT2D eigenvalue weighted by molar-refractivity contribution is 6.33. The van der Waals surface area contributed by atoms with E-state index in [1.807, 2.05) is 59.4 Å². The summed E-state index contributed by atoms with van der Waals surface area (Å²) in [6.07, 6.45) is 7.31. The second-order valence-electron chi connectivity index (χ2n) is 8.40. The van der Waals surface area contributed by atoms with Crippen LogP contribution in [0.2, 0.25) is 5.02 Å². The van der Waals surface area contributed by atoms with Crippen molar-refractivity contribution in [1.29, 1.82) is 0 Å². The number of carbonyl (C=O) groups is 1. The molecule has 178 valence electrons. The standard InChI is InChI=1S/C25H25ClN8O/c1-17(35)30-19-5-4-6-20(13-19)31-24-27-16-28-25(32-24)33-11-9-21(10-12-33)34-15-18(14-29-34)22-7-2-3-8-23(22)26/h2-8,13-16,21H,9-12H2,1H3,(H,30,35)(H,27,28,31,32). The molecule has 35 heavy (non-hydrogen) atoms. The molecule has 0 aliphatic carbocycles. The van der Waals surface area contributed by atoms with Crippen molar-refractivity contribution >= 4 is 40.8 Å². The van der Waals surface area contributed by atoms with E-state index in [9.17, 15) is 4.79 Å². The molecule has 2 N–H and O–H groups in total. The number of anilines is 4. The van der Waals surface area contributed by atoms with Crippen molar-refractivity contribution in [1.82, 2.24) is 24.7 Å². The number of amides is 1. The molecule has 0 saturated carbocycles. The van der Waals surface area contributed by atoms with Crippen molar-refractivity contribution in [3.05, 3.63) is 72.3 Å². The van der Waals surface area contributed by atoms with Gasteiger partial charge in [0.05, 0.1) is 12.2 Å². The van der Waals surface area contributed by atoms with Gasteiger partial charge in [0.2, 0.25) is 17.8 Å². The summed E-state index contributed by atoms with van der Waals surface area (Å²) in [6.45, 7) is 3.10. The van der Waals surface area contributed by atoms with Crippen molar-refractivity contribution in [3.8, 4) is 11.1 Å². The van der Waals surface area contributed by atoms with Gasteiger partial charge in [-0.15, -0.1) is 0 Å². The Morgan fingerprint density at radius 3 is 2.66 bits per heavy atom. The van der Waals surface area contributed by atoms with Gasteiger partial charge in [-0.05, 0) is 37.1 Å². The molecule has 0 bridgehead atoms. The fraction of sp³-hybridized carbons (Fsp3) is 0.240. The molecule has 0 spiro atoms. The molecule has 3 heterocycles. The normalized spacial score (nSPS) is 14.1. The maximum absolute atomic E-state index is 11.3. The summed E-state index contributed by atoms with van der Waals surface area (Å²) in [5, 5.41) is 11.3. The van der Waals surface area contributed by atoms with Gasteiger partial charge in [0.15, 0.2) is 0 Å². The molecule has 2 aromatic carbocycles. The molecule has 0 radical (unpaired) electrons. The Bertz CT molecular complexity index is 1330. The lowest BCUT2D eigenvalue weighted by Gasteiger charge is -2.32. The lowest BCUT2D eigenvalue weighted by molar-refractivity contribution is -0.114. The lowest BCUT2D eigenvalue weighted by Crippen LogP contribution is -2.36. The molecule has 9 nitrogen and oxygen atoms in total. The summed E-state index contributed by atoms with van der Waals surface area (Å²) < 4.78 is 2.04. The summed E-state index contributed by atoms with van der Waals surface area (Å²) in [6, 6.07) is 15.5. The number of carbonyl (C=O) groups excluding carboxylic acids is 1. The molecule has 1 saturated heterocycles. The summed E-state index contributed by atoms with van der Waals surface area (Å²) in [4.78, 5) is 26.7. The number of hydrogen-bond donors (Lipinski definition) is 2. The topological polar surface area (TPSA) is 101 Å². The number of piperidine rings is 1. The Labute approximate surface area is 208 Å². The first-order valence-electron chi connectivity index (χ1n) is 11.4. The summed E-state index contributed by atoms with van der Waals surface area (Å²) >= 11 is 6.35. The molecular weight excluding hydrogens is 464 g/mol. The zero-order valence-corrected chi connectivity index (χ0v) is 20.0. The SMILES string of the molecule is CC(=O)Nc1cccc(Nc2ncnc(N3CCC(n4cc(-c5ccccc5Cl)cn4)CC3)n2)c1. The van der Waals surface area contributed by atoms with Crippen LogP contribution in [0, 0.1) is 0 Å². The van der Waals surface area contributed by atoms with Gasteiger partial charge in [-0.2, -0.15) is 10.1 Å². The van der Waals surface area contributed by atoms with Crippen molar-refractivity contribution in [2.45, 2.75) is 25.8 Å². The number of hydrogen-bond acceptors (Lipinski definition) is 7. The molecule has 4 aromatic rings. The van der Waals surface area contributed by atoms with Gasteiger partial charge in [-0.1, -0.05) is 35.9 Å². The van der Waals surface area contributed by atoms with E-state index in [2.05, 4.69) is 41.8 Å². The van der Waals surface area contributed by atoms with Crippen molar-refractivity contribution < 1.29 is 4.79 Å². The molecule has 10 heteroatoms. The predicted octanol–water partition coefficient (Wildman–Crippen LogP) is 4.93. The number of aromatic nitrogens is 5. The Morgan fingerprint density at radius 1 is 1.06 bits per heavy atom. The molecular formula is C25H25ClN8O. The maximum Gasteiger partial charge on any atom is 0.231 e. The van der Waals surface area contributed by atoms with Gasteiger partial charge in [-0.3, -0.25) is 9.48 Å². The Kier molecular flexibility index (Phi) is 6.58. The van der Waals surface area contributed by atoms with Crippen molar-refractivity contribution in [3.63, 3.8) is 0 Å². The van der Waals surface area contributed by atoms with E-state index >= 15 is 0 Å². The van der Waals surface area contributed by atoms with Crippen LogP contribution in [0.4, 0.5) is 23.3 Å². The minimum atomic E-state index is -0.122. The highest BCUT2D eigenvalue weighted by Gasteiger charge is 2.23. The monoisotopic (exact) mass is 488 g/mol. The van der Waals surface area contributed by atoms with Gasteiger partial charge in [0.25, 0.3) is 0 Å². The first-order chi connectivity index (χ1) is 17.0. The fourth-order valence-corrected chi connectivity index (χ4v) is 4.45. The van der Waals surface area contributed by atoms with E-state index in [1.165, 1.54) is 13.3 Å². The van der Waals surface area contributed by atoms with Gasteiger partial charge in [0.1, 0.15) is 6.33 Å². The first-order valence-corrected chi connectivity index (χ1v) is 11.8. The zero-order valence-electron chi connectivity index (χ0n) is 19.2. The van der Waals surface area contributed by atoms with Crippen LogP contribution in [0.25, 0.3) is 11.1 Å². The molecule has 0 atom stereocenters. The average Bonchev–Trinajstić information content (AvgIpc) is 3.35. The van der Waals surface area contributed by atoms with E-state index in [-0.39, 0.29) is 5.91 Å². The Morgan fingerprint density at radius 2 is 1.86 bits per heavy atom. The second-order valence-corrected chi connectivity index (χ2v) is 8.81. The number of nitrogens with one attached hydrogen (secondary N) is 2. The first kappa shape index (κ1) is 22.8. The van der Waals surface area contributed by atoms with Crippen LogP contribution in [-0.4, -0.2) is 43.7 Å². The molecule has 1 aliphatic heterocycles. The van der Waals surface area contributed by atoms with Crippen molar-refractivity contribution in [2.24, 2.45) is 0 Å². The minimum Gasteiger partial charge on any atom is -0.341 e. The van der Waals surface area contributed by atoms with Crippen LogP contribution in [0.1, 0.15) is 25.8 Å². The summed E-state index contributed by atoms with van der Waals surface area (Å²) in [5.41, 5.74) is 3.50. The maximum atomic E-state index is 11.3. The fourth-order valence-electron chi connectivity index (χ4n) is 4.21. The number of halogens is 1. The van der Waals surface area contributed by atoms with Crippen LogP contribution in [0.3, 0.4) is 0 Å². The zero-order chi connectivity index (χ0) is 24.2. The molecule has 1 fully saturated rings. The quantitative estimate of drug-likeness (QED) is 0.396. The van der Waals surface area contributed by atoms with Crippen LogP contribution in [-0.2, 0) is 4.79 Å². The van der Waals surface area contributed by atoms with Crippen LogP contribution >= 0.6 is 11.6 Å². The number of nitrogens with zero attached hydrogens (tertiary/aromatic N) is 6. The smallest absolute Gasteiger partial charge is 0.231 e. The third-order valence-corrected chi connectivity index (χ3v) is 6.24. The minimum absolute atomic E-state index is 0.122. The van der Waals surface area contributed by atoms with Crippen LogP contribution in [0.15, 0.2) is 67.3 Å². The summed E-state index contributed by atoms with van der Waals surface area (Å²) in [5.74, 6) is 0.966. The van der Waals surface area contributed by atoms with Gasteiger partial charge >= 0.3 is 0 Å². The molecule has 5 rings (SSSR count). The molecule has 1 amide bonds. The lowest BCUT2D eigenvalue weighted by atomic mass is 10.1.